The van der Waals surface area contributed by atoms with Crippen LogP contribution >= 0.6 is 0 Å². The highest BCUT2D eigenvalue weighted by Crippen LogP contribution is 2.26. The molecule has 71 heavy (non-hydrogen) atoms. The second-order valence-electron chi connectivity index (χ2n) is 15.8. The molecule has 0 aliphatic rings. The van der Waals surface area contributed by atoms with Crippen molar-refractivity contribution in [3.8, 4) is 22.5 Å². The van der Waals surface area contributed by atoms with Gasteiger partial charge in [0, 0.05) is 105 Å². The number of aromatic nitrogens is 6. The number of pyridine rings is 2. The van der Waals surface area contributed by atoms with E-state index in [1.165, 1.54) is 45.9 Å². The molecule has 8 N–H and O–H groups in total. The fourth-order valence-electron chi connectivity index (χ4n) is 6.50. The molecule has 17 nitrogen and oxygen atoms in total. The topological polar surface area (TPSA) is 263 Å². The van der Waals surface area contributed by atoms with E-state index in [1.54, 1.807) is 73.6 Å². The Morgan fingerprint density at radius 3 is 1.35 bits per heavy atom. The first-order valence-electron chi connectivity index (χ1n) is 21.7. The van der Waals surface area contributed by atoms with Gasteiger partial charge in [-0.05, 0) is 150 Å². The van der Waals surface area contributed by atoms with E-state index in [-0.39, 0.29) is 30.6 Å². The van der Waals surface area contributed by atoms with Gasteiger partial charge in [-0.15, -0.1) is 0 Å². The minimum atomic E-state index is -0.519. The molecule has 8 aromatic rings. The third-order valence-electron chi connectivity index (χ3n) is 10.2. The van der Waals surface area contributed by atoms with Gasteiger partial charge < -0.3 is 32.7 Å². The summed E-state index contributed by atoms with van der Waals surface area (Å²) in [6, 6.07) is 31.1. The molecule has 4 heterocycles. The van der Waals surface area contributed by atoms with E-state index in [2.05, 4.69) is 51.2 Å². The number of amides is 2. The average molecular weight is 951 g/mol. The molecular weight excluding hydrogens is 897 g/mol. The Balaban J connectivity index is 0.000000225. The highest BCUT2D eigenvalue weighted by atomic mass is 16.2. The summed E-state index contributed by atoms with van der Waals surface area (Å²) < 4.78 is 0. The van der Waals surface area contributed by atoms with Gasteiger partial charge >= 0.3 is 6.03 Å². The summed E-state index contributed by atoms with van der Waals surface area (Å²) in [6.45, 7) is 9.62. The summed E-state index contributed by atoms with van der Waals surface area (Å²) in [6.07, 6.45) is 10.3. The largest absolute Gasteiger partial charge is 0.399 e. The van der Waals surface area contributed by atoms with Crippen molar-refractivity contribution < 1.29 is 24.0 Å². The lowest BCUT2D eigenvalue weighted by Gasteiger charge is -2.13. The van der Waals surface area contributed by atoms with Gasteiger partial charge in [0.05, 0.1) is 11.4 Å². The highest BCUT2D eigenvalue weighted by Gasteiger charge is 2.13. The highest BCUT2D eigenvalue weighted by molar-refractivity contribution is 6.05. The van der Waals surface area contributed by atoms with Crippen LogP contribution in [0.15, 0.2) is 146 Å². The van der Waals surface area contributed by atoms with Crippen molar-refractivity contribution in [3.63, 3.8) is 0 Å². The zero-order valence-electron chi connectivity index (χ0n) is 39.2. The number of Topliss-reactive ketones (excluding diaryl/α,β-unsaturated/α-hetero) is 4. The fourth-order valence-corrected chi connectivity index (χ4v) is 6.50. The lowest BCUT2D eigenvalue weighted by Crippen LogP contribution is -2.20. The maximum atomic E-state index is 12.7. The maximum Gasteiger partial charge on any atom is 0.323 e. The number of anilines is 8. The van der Waals surface area contributed by atoms with Crippen molar-refractivity contribution >= 4 is 75.2 Å². The number of benzene rings is 4. The Hall–Kier alpha value is -9.51. The third kappa shape index (κ3) is 15.2. The van der Waals surface area contributed by atoms with Crippen LogP contribution in [0, 0.1) is 13.8 Å². The zero-order chi connectivity index (χ0) is 50.3. The molecule has 2 amide bonds. The molecule has 360 valence electrons. The van der Waals surface area contributed by atoms with Crippen molar-refractivity contribution in [2.24, 2.45) is 0 Å². The Kier molecular flexibility index (Phi) is 18.1. The van der Waals surface area contributed by atoms with E-state index in [9.17, 15) is 24.0 Å². The smallest absolute Gasteiger partial charge is 0.323 e. The summed E-state index contributed by atoms with van der Waals surface area (Å²) in [5.74, 6) is 0.352. The summed E-state index contributed by atoms with van der Waals surface area (Å²) in [5, 5.41) is 11.9. The number of nitrogens with one attached hydrogen (secondary N) is 4. The third-order valence-corrected chi connectivity index (χ3v) is 10.2. The van der Waals surface area contributed by atoms with E-state index in [0.717, 1.165) is 39.3 Å². The van der Waals surface area contributed by atoms with Gasteiger partial charge in [-0.25, -0.2) is 24.7 Å². The second kappa shape index (κ2) is 24.5. The van der Waals surface area contributed by atoms with Crippen LogP contribution in [0.2, 0.25) is 0 Å². The van der Waals surface area contributed by atoms with Gasteiger partial charge in [0.25, 0.3) is 0 Å². The van der Waals surface area contributed by atoms with Crippen LogP contribution in [0.25, 0.3) is 22.5 Å². The summed E-state index contributed by atoms with van der Waals surface area (Å²) in [5.41, 5.74) is 22.0. The molecule has 0 radical (unpaired) electrons. The first-order chi connectivity index (χ1) is 33.5. The van der Waals surface area contributed by atoms with E-state index < -0.39 is 6.03 Å². The molecule has 0 atom stereocenters. The van der Waals surface area contributed by atoms with Crippen molar-refractivity contribution in [2.45, 2.75) is 49.0 Å². The molecule has 0 unspecified atom stereocenters. The van der Waals surface area contributed by atoms with Crippen molar-refractivity contribution in [3.05, 3.63) is 180 Å². The van der Waals surface area contributed by atoms with E-state index >= 15 is 0 Å². The van der Waals surface area contributed by atoms with Gasteiger partial charge in [-0.2, -0.15) is 0 Å². The minimum Gasteiger partial charge on any atom is -0.399 e. The van der Waals surface area contributed by atoms with Gasteiger partial charge in [-0.3, -0.25) is 29.1 Å². The number of nitrogen functional groups attached to an aromatic ring is 2. The number of rotatable bonds is 12. The maximum absolute atomic E-state index is 12.7. The average Bonchev–Trinajstić information content (AvgIpc) is 3.34. The Morgan fingerprint density at radius 2 is 0.901 bits per heavy atom. The monoisotopic (exact) mass is 950 g/mol. The number of ketones is 4. The normalized spacial score (nSPS) is 10.1. The second-order valence-corrected chi connectivity index (χ2v) is 15.8. The lowest BCUT2D eigenvalue weighted by molar-refractivity contribution is 0.0998. The number of carbonyl (C=O) groups excluding carboxylic acids is 5. The molecule has 8 rings (SSSR count). The number of hydrogen-bond acceptors (Lipinski definition) is 15. The SMILES string of the molecule is C.CC(=O)c1cc(N)cc(C(C)=O)c1.CC(=O)c1cc(NC(=O)Nc2ccc(C)c(Nc3nccc(-c4cccnc4)n3)c2)cc(C(C)=O)c1.Cc1ccc(N)cc1Nc1nccc(-c2cccnc2)n1. The number of aryl methyl sites for hydroxylation is 2. The van der Waals surface area contributed by atoms with Crippen molar-refractivity contribution in [1.29, 1.82) is 0 Å². The van der Waals surface area contributed by atoms with Gasteiger partial charge in [0.1, 0.15) is 0 Å². The van der Waals surface area contributed by atoms with Crippen LogP contribution in [0.1, 0.15) is 87.7 Å². The molecule has 0 fully saturated rings. The first-order valence-corrected chi connectivity index (χ1v) is 21.7. The number of nitrogens with two attached hydrogens (primary N) is 2. The standard InChI is InChI=1S/C27H24N6O3.C16H15N5.C10H11NO2.CH4/c1-16-6-7-22(30-27(36)31-23-12-20(17(2)34)11-21(13-23)18(3)35)14-25(16)33-26-29-10-8-24(32-26)19-5-4-9-28-15-19;1-11-4-5-13(17)9-15(11)21-16-19-8-6-14(20-16)12-3-2-7-18-10-12;1-6(12)8-3-9(7(2)13)5-10(11)4-8;/h4-15H,1-3H3,(H,29,32,33)(H2,30,31,36);2-10H,17H2,1H3,(H,19,20,21);3-5H,11H2,1-2H3;1H4. The molecule has 4 aromatic carbocycles. The summed E-state index contributed by atoms with van der Waals surface area (Å²) >= 11 is 0. The van der Waals surface area contributed by atoms with Crippen LogP contribution in [-0.2, 0) is 0 Å². The van der Waals surface area contributed by atoms with Gasteiger partial charge in [0.15, 0.2) is 23.1 Å². The molecule has 0 aliphatic heterocycles. The fraction of sp³-hybridized carbons (Fsp3) is 0.130. The minimum absolute atomic E-state index is 0. The van der Waals surface area contributed by atoms with Crippen LogP contribution in [-0.4, -0.2) is 59.1 Å². The molecule has 0 saturated heterocycles. The first kappa shape index (κ1) is 52.5. The predicted molar refractivity (Wildman–Crippen MR) is 281 cm³/mol. The van der Waals surface area contributed by atoms with Crippen LogP contribution in [0.3, 0.4) is 0 Å². The van der Waals surface area contributed by atoms with Crippen molar-refractivity contribution in [1.82, 2.24) is 29.9 Å². The Labute approximate surface area is 411 Å². The van der Waals surface area contributed by atoms with E-state index in [4.69, 9.17) is 11.5 Å². The molecular formula is C54H54N12O5. The lowest BCUT2D eigenvalue weighted by atomic mass is 10.0. The summed E-state index contributed by atoms with van der Waals surface area (Å²) in [7, 11) is 0. The van der Waals surface area contributed by atoms with Gasteiger partial charge in [0.2, 0.25) is 11.9 Å². The Morgan fingerprint density at radius 1 is 0.465 bits per heavy atom. The molecule has 0 aliphatic carbocycles. The molecule has 0 spiro atoms. The summed E-state index contributed by atoms with van der Waals surface area (Å²) in [4.78, 5) is 84.1. The molecule has 0 saturated carbocycles. The van der Waals surface area contributed by atoms with E-state index in [0.29, 0.717) is 62.6 Å². The number of nitrogens with zero attached hydrogens (tertiary/aromatic N) is 6. The van der Waals surface area contributed by atoms with Gasteiger partial charge in [-0.1, -0.05) is 19.6 Å². The molecule has 17 heteroatoms. The number of hydrogen-bond donors (Lipinski definition) is 6. The van der Waals surface area contributed by atoms with Crippen LogP contribution < -0.4 is 32.7 Å². The quantitative estimate of drug-likeness (QED) is 0.0491. The number of urea groups is 1. The van der Waals surface area contributed by atoms with Crippen molar-refractivity contribution in [2.75, 3.05) is 32.7 Å². The van der Waals surface area contributed by atoms with Crippen LogP contribution in [0.4, 0.5) is 50.8 Å². The zero-order valence-corrected chi connectivity index (χ0v) is 39.2. The van der Waals surface area contributed by atoms with E-state index in [1.807, 2.05) is 68.4 Å². The predicted octanol–water partition coefficient (Wildman–Crippen LogP) is 11.1. The van der Waals surface area contributed by atoms with Crippen LogP contribution in [0.5, 0.6) is 0 Å². The Bertz CT molecular complexity index is 3140. The number of carbonyl (C=O) groups is 5. The molecule has 0 bridgehead atoms. The molecule has 4 aromatic heterocycles.